The van der Waals surface area contributed by atoms with Crippen LogP contribution in [0.2, 0.25) is 0 Å². The molecule has 3 fully saturated rings. The van der Waals surface area contributed by atoms with E-state index >= 15 is 0 Å². The SMILES string of the molecule is O=C1CCC(N2Cc3ccc(CN4CCNCCC45CCC5)cc3C2=O)C(=O)N1. The number of amides is 3. The van der Waals surface area contributed by atoms with E-state index in [9.17, 15) is 14.4 Å². The summed E-state index contributed by atoms with van der Waals surface area (Å²) in [4.78, 5) is 40.9. The monoisotopic (exact) mass is 396 g/mol. The highest BCUT2D eigenvalue weighted by atomic mass is 16.2. The first-order valence-electron chi connectivity index (χ1n) is 10.8. The van der Waals surface area contributed by atoms with Crippen molar-refractivity contribution in [1.29, 1.82) is 0 Å². The van der Waals surface area contributed by atoms with Crippen LogP contribution in [0.5, 0.6) is 0 Å². The Hall–Kier alpha value is -2.25. The third-order valence-electron chi connectivity index (χ3n) is 7.25. The van der Waals surface area contributed by atoms with Gasteiger partial charge in [0.05, 0.1) is 0 Å². The smallest absolute Gasteiger partial charge is 0.255 e. The lowest BCUT2D eigenvalue weighted by atomic mass is 9.73. The molecule has 4 aliphatic rings. The molecule has 29 heavy (non-hydrogen) atoms. The van der Waals surface area contributed by atoms with Gasteiger partial charge in [0.1, 0.15) is 6.04 Å². The summed E-state index contributed by atoms with van der Waals surface area (Å²) in [7, 11) is 0. The van der Waals surface area contributed by atoms with E-state index in [1.54, 1.807) is 4.90 Å². The number of hydrogen-bond donors (Lipinski definition) is 2. The third kappa shape index (κ3) is 3.26. The minimum absolute atomic E-state index is 0.0905. The van der Waals surface area contributed by atoms with Gasteiger partial charge in [-0.05, 0) is 55.8 Å². The summed E-state index contributed by atoms with van der Waals surface area (Å²) in [6, 6.07) is 5.64. The van der Waals surface area contributed by atoms with E-state index < -0.39 is 6.04 Å². The molecular formula is C22H28N4O3. The zero-order chi connectivity index (χ0) is 20.0. The lowest BCUT2D eigenvalue weighted by Gasteiger charge is -2.49. The van der Waals surface area contributed by atoms with Crippen molar-refractivity contribution in [1.82, 2.24) is 20.4 Å². The van der Waals surface area contributed by atoms with E-state index in [0.29, 0.717) is 24.1 Å². The van der Waals surface area contributed by atoms with E-state index in [1.165, 1.54) is 25.7 Å². The topological polar surface area (TPSA) is 81.8 Å². The number of rotatable bonds is 3. The first-order valence-corrected chi connectivity index (χ1v) is 10.8. The molecule has 1 spiro atoms. The minimum Gasteiger partial charge on any atom is -0.322 e. The van der Waals surface area contributed by atoms with Crippen molar-refractivity contribution < 1.29 is 14.4 Å². The molecule has 3 aliphatic heterocycles. The molecule has 5 rings (SSSR count). The minimum atomic E-state index is -0.550. The molecule has 1 aromatic rings. The third-order valence-corrected chi connectivity index (χ3v) is 7.25. The average Bonchev–Trinajstić information content (AvgIpc) is 2.85. The molecule has 1 aliphatic carbocycles. The maximum Gasteiger partial charge on any atom is 0.255 e. The highest BCUT2D eigenvalue weighted by Crippen LogP contribution is 2.42. The number of carbonyl (C=O) groups excluding carboxylic acids is 3. The summed E-state index contributed by atoms with van der Waals surface area (Å²) in [6.07, 6.45) is 5.72. The van der Waals surface area contributed by atoms with Gasteiger partial charge in [-0.3, -0.25) is 24.6 Å². The summed E-state index contributed by atoms with van der Waals surface area (Å²) >= 11 is 0. The van der Waals surface area contributed by atoms with E-state index in [4.69, 9.17) is 0 Å². The van der Waals surface area contributed by atoms with Gasteiger partial charge in [-0.1, -0.05) is 12.1 Å². The van der Waals surface area contributed by atoms with Gasteiger partial charge in [0.25, 0.3) is 5.91 Å². The van der Waals surface area contributed by atoms with Crippen LogP contribution in [0.3, 0.4) is 0 Å². The van der Waals surface area contributed by atoms with Gasteiger partial charge in [0.15, 0.2) is 0 Å². The second-order valence-corrected chi connectivity index (χ2v) is 8.89. The largest absolute Gasteiger partial charge is 0.322 e. The van der Waals surface area contributed by atoms with Crippen LogP contribution in [-0.2, 0) is 22.7 Å². The van der Waals surface area contributed by atoms with E-state index in [0.717, 1.165) is 37.3 Å². The summed E-state index contributed by atoms with van der Waals surface area (Å²) < 4.78 is 0. The van der Waals surface area contributed by atoms with Crippen LogP contribution < -0.4 is 10.6 Å². The van der Waals surface area contributed by atoms with Gasteiger partial charge >= 0.3 is 0 Å². The normalized spacial score (nSPS) is 26.8. The molecule has 0 bridgehead atoms. The fraction of sp³-hybridized carbons (Fsp3) is 0.591. The molecule has 154 valence electrons. The summed E-state index contributed by atoms with van der Waals surface area (Å²) in [5.74, 6) is -0.701. The standard InChI is InChI=1S/C22H28N4O3/c27-19-5-4-18(20(28)24-19)26-14-16-3-2-15(12-17(16)21(26)29)13-25-11-10-23-9-8-22(25)6-1-7-22/h2-3,12,18,23H,1,4-11,13-14H2,(H,24,27,28). The average molecular weight is 396 g/mol. The molecule has 1 saturated carbocycles. The van der Waals surface area contributed by atoms with Crippen molar-refractivity contribution in [3.05, 3.63) is 34.9 Å². The maximum absolute atomic E-state index is 13.1. The number of benzene rings is 1. The van der Waals surface area contributed by atoms with E-state index in [1.807, 2.05) is 12.1 Å². The lowest BCUT2D eigenvalue weighted by Crippen LogP contribution is -2.53. The van der Waals surface area contributed by atoms with E-state index in [-0.39, 0.29) is 24.1 Å². The van der Waals surface area contributed by atoms with Crippen LogP contribution in [0.1, 0.15) is 60.0 Å². The molecule has 2 saturated heterocycles. The van der Waals surface area contributed by atoms with Gasteiger partial charge in [-0.15, -0.1) is 0 Å². The Morgan fingerprint density at radius 2 is 1.97 bits per heavy atom. The predicted octanol–water partition coefficient (Wildman–Crippen LogP) is 1.17. The molecule has 3 amide bonds. The molecule has 1 atom stereocenters. The van der Waals surface area contributed by atoms with Crippen LogP contribution >= 0.6 is 0 Å². The first-order chi connectivity index (χ1) is 14.1. The molecule has 1 unspecified atom stereocenters. The van der Waals surface area contributed by atoms with Crippen molar-refractivity contribution in [3.63, 3.8) is 0 Å². The Labute approximate surface area is 170 Å². The van der Waals surface area contributed by atoms with Gasteiger partial charge in [0.2, 0.25) is 11.8 Å². The number of fused-ring (bicyclic) bond motifs is 1. The zero-order valence-electron chi connectivity index (χ0n) is 16.7. The van der Waals surface area contributed by atoms with Crippen molar-refractivity contribution in [2.75, 3.05) is 19.6 Å². The predicted molar refractivity (Wildman–Crippen MR) is 107 cm³/mol. The molecule has 1 aromatic carbocycles. The molecule has 0 radical (unpaired) electrons. The van der Waals surface area contributed by atoms with Crippen molar-refractivity contribution in [2.45, 2.75) is 63.2 Å². The Kier molecular flexibility index (Phi) is 4.67. The van der Waals surface area contributed by atoms with Gasteiger partial charge in [0, 0.05) is 43.7 Å². The molecule has 7 heteroatoms. The van der Waals surface area contributed by atoms with Crippen molar-refractivity contribution >= 4 is 17.7 Å². The number of piperidine rings is 1. The Morgan fingerprint density at radius 1 is 1.10 bits per heavy atom. The Morgan fingerprint density at radius 3 is 2.72 bits per heavy atom. The number of carbonyl (C=O) groups is 3. The van der Waals surface area contributed by atoms with Gasteiger partial charge < -0.3 is 10.2 Å². The molecular weight excluding hydrogens is 368 g/mol. The highest BCUT2D eigenvalue weighted by molar-refractivity contribution is 6.05. The van der Waals surface area contributed by atoms with Crippen molar-refractivity contribution in [3.8, 4) is 0 Å². The van der Waals surface area contributed by atoms with Gasteiger partial charge in [-0.25, -0.2) is 0 Å². The number of imide groups is 1. The molecule has 3 heterocycles. The fourth-order valence-corrected chi connectivity index (χ4v) is 5.37. The second kappa shape index (κ2) is 7.22. The van der Waals surface area contributed by atoms with Gasteiger partial charge in [-0.2, -0.15) is 0 Å². The summed E-state index contributed by atoms with van der Waals surface area (Å²) in [5, 5.41) is 5.88. The molecule has 7 nitrogen and oxygen atoms in total. The number of nitrogens with zero attached hydrogens (tertiary/aromatic N) is 2. The zero-order valence-corrected chi connectivity index (χ0v) is 16.7. The van der Waals surface area contributed by atoms with Crippen LogP contribution in [0, 0.1) is 0 Å². The summed E-state index contributed by atoms with van der Waals surface area (Å²) in [6.45, 7) is 4.43. The van der Waals surface area contributed by atoms with Crippen LogP contribution in [0.4, 0.5) is 0 Å². The van der Waals surface area contributed by atoms with Crippen molar-refractivity contribution in [2.24, 2.45) is 0 Å². The summed E-state index contributed by atoms with van der Waals surface area (Å²) in [5.41, 5.74) is 3.17. The lowest BCUT2D eigenvalue weighted by molar-refractivity contribution is -0.136. The highest BCUT2D eigenvalue weighted by Gasteiger charge is 2.43. The quantitative estimate of drug-likeness (QED) is 0.750. The Bertz CT molecular complexity index is 864. The maximum atomic E-state index is 13.1. The van der Waals surface area contributed by atoms with E-state index in [2.05, 4.69) is 21.6 Å². The number of nitrogens with one attached hydrogen (secondary N) is 2. The second-order valence-electron chi connectivity index (χ2n) is 8.89. The Balaban J connectivity index is 1.34. The molecule has 0 aromatic heterocycles. The molecule has 2 N–H and O–H groups in total. The fourth-order valence-electron chi connectivity index (χ4n) is 5.37. The first kappa shape index (κ1) is 18.8. The van der Waals surface area contributed by atoms with Crippen LogP contribution in [0.25, 0.3) is 0 Å². The van der Waals surface area contributed by atoms with Crippen LogP contribution in [0.15, 0.2) is 18.2 Å². The number of hydrogen-bond acceptors (Lipinski definition) is 5. The van der Waals surface area contributed by atoms with Crippen LogP contribution in [-0.4, -0.2) is 58.7 Å².